The lowest BCUT2D eigenvalue weighted by atomic mass is 10.1. The van der Waals surface area contributed by atoms with E-state index in [1.54, 1.807) is 24.3 Å². The normalized spacial score (nSPS) is 10.7. The van der Waals surface area contributed by atoms with Crippen molar-refractivity contribution in [2.75, 3.05) is 7.11 Å². The van der Waals surface area contributed by atoms with Gasteiger partial charge < -0.3 is 9.84 Å². The number of carbonyl (C=O) groups is 1. The van der Waals surface area contributed by atoms with E-state index in [-0.39, 0.29) is 12.2 Å². The second-order valence-corrected chi connectivity index (χ2v) is 4.18. The number of hydrogen-bond acceptors (Lipinski definition) is 4. The SMILES string of the molecule is COc1ccccc1Cc1ncc(C(=O)O)c(C(F)F)n1. The predicted octanol–water partition coefficient (Wildman–Crippen LogP) is 2.71. The molecular formula is C14H12F2N2O3. The minimum Gasteiger partial charge on any atom is -0.496 e. The van der Waals surface area contributed by atoms with Gasteiger partial charge in [0.15, 0.2) is 0 Å². The summed E-state index contributed by atoms with van der Waals surface area (Å²) in [5, 5.41) is 8.84. The lowest BCUT2D eigenvalue weighted by Gasteiger charge is -2.09. The number of hydrogen-bond donors (Lipinski definition) is 1. The van der Waals surface area contributed by atoms with Gasteiger partial charge in [-0.15, -0.1) is 0 Å². The van der Waals surface area contributed by atoms with Crippen LogP contribution in [-0.4, -0.2) is 28.2 Å². The molecule has 0 radical (unpaired) electrons. The van der Waals surface area contributed by atoms with E-state index in [1.165, 1.54) is 7.11 Å². The Kier molecular flexibility index (Phi) is 4.42. The van der Waals surface area contributed by atoms with Crippen LogP contribution in [0.3, 0.4) is 0 Å². The Balaban J connectivity index is 2.37. The standard InChI is InChI=1S/C14H12F2N2O3/c1-21-10-5-3-2-4-8(10)6-11-17-7-9(14(19)20)12(18-11)13(15)16/h2-5,7,13H,6H2,1H3,(H,19,20). The molecule has 0 aliphatic heterocycles. The molecule has 0 saturated heterocycles. The zero-order valence-corrected chi connectivity index (χ0v) is 11.1. The van der Waals surface area contributed by atoms with Crippen LogP contribution in [0.15, 0.2) is 30.5 Å². The third-order valence-corrected chi connectivity index (χ3v) is 2.85. The van der Waals surface area contributed by atoms with Gasteiger partial charge in [-0.05, 0) is 6.07 Å². The molecule has 0 amide bonds. The van der Waals surface area contributed by atoms with Gasteiger partial charge in [0.25, 0.3) is 6.43 Å². The molecule has 2 rings (SSSR count). The van der Waals surface area contributed by atoms with Crippen LogP contribution in [-0.2, 0) is 6.42 Å². The Morgan fingerprint density at radius 2 is 2.10 bits per heavy atom. The number of aromatic carboxylic acids is 1. The van der Waals surface area contributed by atoms with E-state index in [2.05, 4.69) is 9.97 Å². The van der Waals surface area contributed by atoms with Gasteiger partial charge in [0.1, 0.15) is 22.8 Å². The molecule has 1 heterocycles. The fourth-order valence-corrected chi connectivity index (χ4v) is 1.87. The third-order valence-electron chi connectivity index (χ3n) is 2.85. The summed E-state index contributed by atoms with van der Waals surface area (Å²) in [6.07, 6.45) is -1.90. The van der Waals surface area contributed by atoms with Crippen LogP contribution in [0.25, 0.3) is 0 Å². The number of halogens is 2. The summed E-state index contributed by atoms with van der Waals surface area (Å²) in [6.45, 7) is 0. The van der Waals surface area contributed by atoms with Crippen LogP contribution in [0.4, 0.5) is 8.78 Å². The predicted molar refractivity (Wildman–Crippen MR) is 69.7 cm³/mol. The van der Waals surface area contributed by atoms with Gasteiger partial charge in [0.2, 0.25) is 0 Å². The molecule has 0 spiro atoms. The maximum atomic E-state index is 12.9. The monoisotopic (exact) mass is 294 g/mol. The average Bonchev–Trinajstić information content (AvgIpc) is 2.47. The number of alkyl halides is 2. The lowest BCUT2D eigenvalue weighted by Crippen LogP contribution is -2.10. The third kappa shape index (κ3) is 3.31. The van der Waals surface area contributed by atoms with Crippen molar-refractivity contribution in [2.45, 2.75) is 12.8 Å². The first-order valence-corrected chi connectivity index (χ1v) is 6.02. The first-order valence-electron chi connectivity index (χ1n) is 6.02. The van der Waals surface area contributed by atoms with Crippen molar-refractivity contribution in [3.05, 3.63) is 53.1 Å². The highest BCUT2D eigenvalue weighted by Gasteiger charge is 2.21. The summed E-state index contributed by atoms with van der Waals surface area (Å²) in [6, 6.07) is 7.04. The molecule has 0 unspecified atom stereocenters. The van der Waals surface area contributed by atoms with Crippen molar-refractivity contribution in [3.63, 3.8) is 0 Å². The fraction of sp³-hybridized carbons (Fsp3) is 0.214. The summed E-state index contributed by atoms with van der Waals surface area (Å²) >= 11 is 0. The molecule has 0 bridgehead atoms. The van der Waals surface area contributed by atoms with Crippen molar-refractivity contribution >= 4 is 5.97 Å². The van der Waals surface area contributed by atoms with Crippen LogP contribution >= 0.6 is 0 Å². The van der Waals surface area contributed by atoms with Crippen molar-refractivity contribution in [1.29, 1.82) is 0 Å². The number of aromatic nitrogens is 2. The minimum absolute atomic E-state index is 0.111. The van der Waals surface area contributed by atoms with E-state index in [1.807, 2.05) is 0 Å². The molecule has 110 valence electrons. The molecule has 0 atom stereocenters. The van der Waals surface area contributed by atoms with Gasteiger partial charge in [-0.1, -0.05) is 18.2 Å². The van der Waals surface area contributed by atoms with Crippen LogP contribution in [0.5, 0.6) is 5.75 Å². The molecule has 1 aromatic heterocycles. The zero-order valence-electron chi connectivity index (χ0n) is 11.1. The van der Waals surface area contributed by atoms with Gasteiger partial charge in [-0.2, -0.15) is 0 Å². The Labute approximate surface area is 119 Å². The lowest BCUT2D eigenvalue weighted by molar-refractivity contribution is 0.0681. The second kappa shape index (κ2) is 6.25. The van der Waals surface area contributed by atoms with E-state index in [0.717, 1.165) is 11.8 Å². The van der Waals surface area contributed by atoms with Crippen molar-refractivity contribution in [3.8, 4) is 5.75 Å². The Bertz CT molecular complexity index is 662. The van der Waals surface area contributed by atoms with Crippen LogP contribution in [0, 0.1) is 0 Å². The summed E-state index contributed by atoms with van der Waals surface area (Å²) < 4.78 is 30.9. The van der Waals surface area contributed by atoms with Crippen LogP contribution in [0.2, 0.25) is 0 Å². The van der Waals surface area contributed by atoms with Crippen LogP contribution < -0.4 is 4.74 Å². The van der Waals surface area contributed by atoms with Gasteiger partial charge >= 0.3 is 5.97 Å². The number of nitrogens with zero attached hydrogens (tertiary/aromatic N) is 2. The highest BCUT2D eigenvalue weighted by molar-refractivity contribution is 5.88. The minimum atomic E-state index is -2.98. The molecule has 1 aromatic carbocycles. The summed E-state index contributed by atoms with van der Waals surface area (Å²) in [5.74, 6) is -0.782. The number of rotatable bonds is 5. The molecule has 21 heavy (non-hydrogen) atoms. The van der Waals surface area contributed by atoms with Gasteiger partial charge in [-0.3, -0.25) is 0 Å². The summed E-state index contributed by atoms with van der Waals surface area (Å²) in [4.78, 5) is 18.4. The van der Waals surface area contributed by atoms with Gasteiger partial charge in [0.05, 0.1) is 7.11 Å². The molecule has 0 fully saturated rings. The first-order chi connectivity index (χ1) is 10.0. The van der Waals surface area contributed by atoms with E-state index >= 15 is 0 Å². The Hall–Kier alpha value is -2.57. The Morgan fingerprint density at radius 3 is 2.71 bits per heavy atom. The average molecular weight is 294 g/mol. The quantitative estimate of drug-likeness (QED) is 0.918. The van der Waals surface area contributed by atoms with Crippen molar-refractivity contribution in [2.24, 2.45) is 0 Å². The van der Waals surface area contributed by atoms with E-state index in [9.17, 15) is 13.6 Å². The van der Waals surface area contributed by atoms with Crippen LogP contribution in [0.1, 0.15) is 33.9 Å². The van der Waals surface area contributed by atoms with Crippen molar-refractivity contribution in [1.82, 2.24) is 9.97 Å². The number of ether oxygens (including phenoxy) is 1. The van der Waals surface area contributed by atoms with E-state index < -0.39 is 23.7 Å². The second-order valence-electron chi connectivity index (χ2n) is 4.18. The molecule has 0 aliphatic carbocycles. The maximum absolute atomic E-state index is 12.9. The molecular weight excluding hydrogens is 282 g/mol. The van der Waals surface area contributed by atoms with Gasteiger partial charge in [0, 0.05) is 18.2 Å². The first kappa shape index (κ1) is 14.8. The topological polar surface area (TPSA) is 72.3 Å². The number of benzene rings is 1. The summed E-state index contributed by atoms with van der Waals surface area (Å²) in [7, 11) is 1.50. The molecule has 0 aliphatic rings. The smallest absolute Gasteiger partial charge is 0.339 e. The highest BCUT2D eigenvalue weighted by atomic mass is 19.3. The zero-order chi connectivity index (χ0) is 15.4. The highest BCUT2D eigenvalue weighted by Crippen LogP contribution is 2.23. The van der Waals surface area contributed by atoms with Gasteiger partial charge in [-0.25, -0.2) is 23.5 Å². The molecule has 5 nitrogen and oxygen atoms in total. The number of methoxy groups -OCH3 is 1. The summed E-state index contributed by atoms with van der Waals surface area (Å²) in [5.41, 5.74) is -0.639. The molecule has 0 saturated carbocycles. The van der Waals surface area contributed by atoms with E-state index in [4.69, 9.17) is 9.84 Å². The fourth-order valence-electron chi connectivity index (χ4n) is 1.87. The Morgan fingerprint density at radius 1 is 1.38 bits per heavy atom. The van der Waals surface area contributed by atoms with E-state index in [0.29, 0.717) is 5.75 Å². The van der Waals surface area contributed by atoms with Crippen molar-refractivity contribution < 1.29 is 23.4 Å². The molecule has 1 N–H and O–H groups in total. The maximum Gasteiger partial charge on any atom is 0.339 e. The number of para-hydroxylation sites is 1. The molecule has 2 aromatic rings. The molecule has 7 heteroatoms. The number of carboxylic acid groups (broad SMARTS) is 1. The largest absolute Gasteiger partial charge is 0.496 e. The number of carboxylic acids is 1.